The third kappa shape index (κ3) is 2.03. The maximum Gasteiger partial charge on any atom is 0.142 e. The van der Waals surface area contributed by atoms with Gasteiger partial charge >= 0.3 is 0 Å². The molecule has 94 valence electrons. The lowest BCUT2D eigenvalue weighted by atomic mass is 9.97. The van der Waals surface area contributed by atoms with E-state index in [9.17, 15) is 5.11 Å². The summed E-state index contributed by atoms with van der Waals surface area (Å²) < 4.78 is 0. The van der Waals surface area contributed by atoms with Crippen LogP contribution >= 0.6 is 0 Å². The van der Waals surface area contributed by atoms with Crippen LogP contribution in [0.1, 0.15) is 12.5 Å². The Morgan fingerprint density at radius 3 is 2.84 bits per heavy atom. The lowest BCUT2D eigenvalue weighted by Crippen LogP contribution is -1.89. The van der Waals surface area contributed by atoms with Gasteiger partial charge in [0.05, 0.1) is 0 Å². The highest BCUT2D eigenvalue weighted by atomic mass is 16.3. The van der Waals surface area contributed by atoms with Crippen molar-refractivity contribution in [3.8, 4) is 16.9 Å². The molecule has 0 spiro atoms. The summed E-state index contributed by atoms with van der Waals surface area (Å²) in [5.41, 5.74) is 3.99. The Hall–Kier alpha value is -2.42. The number of aryl methyl sites for hydroxylation is 1. The molecule has 0 saturated heterocycles. The van der Waals surface area contributed by atoms with Gasteiger partial charge in [-0.15, -0.1) is 0 Å². The Morgan fingerprint density at radius 2 is 2.00 bits per heavy atom. The standard InChI is InChI=1S/C16H14N2O/c1-2-11-5-3-4-6-14(11)12-7-13-9-17-10-18-16(13)15(19)8-12/h3-10,19H,2H2,1H3. The van der Waals surface area contributed by atoms with Gasteiger partial charge in [-0.25, -0.2) is 9.97 Å². The fourth-order valence-corrected chi connectivity index (χ4v) is 2.35. The number of fused-ring (bicyclic) bond motifs is 1. The molecular weight excluding hydrogens is 236 g/mol. The van der Waals surface area contributed by atoms with E-state index >= 15 is 0 Å². The highest BCUT2D eigenvalue weighted by molar-refractivity contribution is 5.89. The number of aromatic hydroxyl groups is 1. The lowest BCUT2D eigenvalue weighted by Gasteiger charge is -2.09. The van der Waals surface area contributed by atoms with Crippen molar-refractivity contribution in [1.29, 1.82) is 0 Å². The molecule has 2 aromatic carbocycles. The van der Waals surface area contributed by atoms with Crippen LogP contribution in [0.15, 0.2) is 48.9 Å². The molecule has 0 aliphatic carbocycles. The monoisotopic (exact) mass is 250 g/mol. The van der Waals surface area contributed by atoms with E-state index in [0.717, 1.165) is 22.9 Å². The maximum atomic E-state index is 10.1. The van der Waals surface area contributed by atoms with Crippen molar-refractivity contribution < 1.29 is 5.11 Å². The molecule has 0 fully saturated rings. The minimum absolute atomic E-state index is 0.195. The Kier molecular flexibility index (Phi) is 2.88. The van der Waals surface area contributed by atoms with Crippen molar-refractivity contribution in [2.45, 2.75) is 13.3 Å². The van der Waals surface area contributed by atoms with Gasteiger partial charge in [-0.05, 0) is 35.2 Å². The first-order valence-corrected chi connectivity index (χ1v) is 6.30. The van der Waals surface area contributed by atoms with Gasteiger partial charge in [0.1, 0.15) is 17.6 Å². The van der Waals surface area contributed by atoms with E-state index in [1.165, 1.54) is 11.9 Å². The average Bonchev–Trinajstić information content (AvgIpc) is 2.47. The largest absolute Gasteiger partial charge is 0.506 e. The predicted octanol–water partition coefficient (Wildman–Crippen LogP) is 3.56. The predicted molar refractivity (Wildman–Crippen MR) is 76.0 cm³/mol. The van der Waals surface area contributed by atoms with E-state index in [4.69, 9.17) is 0 Å². The van der Waals surface area contributed by atoms with Gasteiger partial charge in [0.2, 0.25) is 0 Å². The SMILES string of the molecule is CCc1ccccc1-c1cc(O)c2ncncc2c1. The summed E-state index contributed by atoms with van der Waals surface area (Å²) >= 11 is 0. The maximum absolute atomic E-state index is 10.1. The van der Waals surface area contributed by atoms with Crippen LogP contribution in [0.2, 0.25) is 0 Å². The Morgan fingerprint density at radius 1 is 1.16 bits per heavy atom. The van der Waals surface area contributed by atoms with Crippen LogP contribution in [-0.4, -0.2) is 15.1 Å². The normalized spacial score (nSPS) is 10.8. The number of hydrogen-bond donors (Lipinski definition) is 1. The van der Waals surface area contributed by atoms with Crippen LogP contribution in [0.3, 0.4) is 0 Å². The average molecular weight is 250 g/mol. The summed E-state index contributed by atoms with van der Waals surface area (Å²) in [6.45, 7) is 2.13. The van der Waals surface area contributed by atoms with Gasteiger partial charge in [0.15, 0.2) is 0 Å². The van der Waals surface area contributed by atoms with Gasteiger partial charge in [-0.1, -0.05) is 31.2 Å². The molecule has 3 rings (SSSR count). The van der Waals surface area contributed by atoms with Crippen molar-refractivity contribution in [1.82, 2.24) is 9.97 Å². The Bertz CT molecular complexity index is 738. The molecule has 0 bridgehead atoms. The third-order valence-electron chi connectivity index (χ3n) is 3.30. The van der Waals surface area contributed by atoms with E-state index in [1.807, 2.05) is 18.2 Å². The Balaban J connectivity index is 2.26. The summed E-state index contributed by atoms with van der Waals surface area (Å²) in [5.74, 6) is 0.195. The molecule has 0 aliphatic heterocycles. The highest BCUT2D eigenvalue weighted by Gasteiger charge is 2.08. The molecule has 0 saturated carbocycles. The molecule has 1 heterocycles. The summed E-state index contributed by atoms with van der Waals surface area (Å²) in [7, 11) is 0. The van der Waals surface area contributed by atoms with Crippen molar-refractivity contribution >= 4 is 10.9 Å². The molecule has 3 aromatic rings. The number of phenolic OH excluding ortho intramolecular Hbond substituents is 1. The first-order valence-electron chi connectivity index (χ1n) is 6.30. The smallest absolute Gasteiger partial charge is 0.142 e. The number of benzene rings is 2. The fraction of sp³-hybridized carbons (Fsp3) is 0.125. The first-order chi connectivity index (χ1) is 9.29. The molecule has 0 unspecified atom stereocenters. The second-order valence-corrected chi connectivity index (χ2v) is 4.47. The fourth-order valence-electron chi connectivity index (χ4n) is 2.35. The number of nitrogens with zero attached hydrogens (tertiary/aromatic N) is 2. The molecule has 0 amide bonds. The minimum atomic E-state index is 0.195. The van der Waals surface area contributed by atoms with Gasteiger partial charge in [0.25, 0.3) is 0 Å². The van der Waals surface area contributed by atoms with Crippen molar-refractivity contribution in [2.75, 3.05) is 0 Å². The topological polar surface area (TPSA) is 46.0 Å². The highest BCUT2D eigenvalue weighted by Crippen LogP contribution is 2.31. The molecule has 19 heavy (non-hydrogen) atoms. The second-order valence-electron chi connectivity index (χ2n) is 4.47. The quantitative estimate of drug-likeness (QED) is 0.756. The van der Waals surface area contributed by atoms with Crippen molar-refractivity contribution in [2.24, 2.45) is 0 Å². The third-order valence-corrected chi connectivity index (χ3v) is 3.30. The Labute approximate surface area is 111 Å². The van der Waals surface area contributed by atoms with Crippen molar-refractivity contribution in [3.63, 3.8) is 0 Å². The number of hydrogen-bond acceptors (Lipinski definition) is 3. The summed E-state index contributed by atoms with van der Waals surface area (Å²) in [6.07, 6.45) is 4.13. The van der Waals surface area contributed by atoms with E-state index in [-0.39, 0.29) is 5.75 Å². The number of rotatable bonds is 2. The second kappa shape index (κ2) is 4.69. The molecule has 0 aliphatic rings. The molecule has 3 nitrogen and oxygen atoms in total. The van der Waals surface area contributed by atoms with Gasteiger partial charge in [-0.2, -0.15) is 0 Å². The number of aromatic nitrogens is 2. The minimum Gasteiger partial charge on any atom is -0.506 e. The number of phenols is 1. The van der Waals surface area contributed by atoms with E-state index in [0.29, 0.717) is 5.52 Å². The molecule has 0 radical (unpaired) electrons. The van der Waals surface area contributed by atoms with E-state index < -0.39 is 0 Å². The van der Waals surface area contributed by atoms with E-state index in [2.05, 4.69) is 29.0 Å². The summed E-state index contributed by atoms with van der Waals surface area (Å²) in [5, 5.41) is 10.9. The van der Waals surface area contributed by atoms with Crippen LogP contribution in [0.5, 0.6) is 5.75 Å². The van der Waals surface area contributed by atoms with Gasteiger partial charge < -0.3 is 5.11 Å². The van der Waals surface area contributed by atoms with E-state index in [1.54, 1.807) is 12.3 Å². The summed E-state index contributed by atoms with van der Waals surface area (Å²) in [6, 6.07) is 12.0. The van der Waals surface area contributed by atoms with Crippen LogP contribution in [-0.2, 0) is 6.42 Å². The van der Waals surface area contributed by atoms with Gasteiger partial charge in [-0.3, -0.25) is 0 Å². The van der Waals surface area contributed by atoms with Crippen LogP contribution in [0, 0.1) is 0 Å². The zero-order valence-corrected chi connectivity index (χ0v) is 10.7. The molecular formula is C16H14N2O. The zero-order valence-electron chi connectivity index (χ0n) is 10.7. The summed E-state index contributed by atoms with van der Waals surface area (Å²) in [4.78, 5) is 8.11. The van der Waals surface area contributed by atoms with Gasteiger partial charge in [0, 0.05) is 11.6 Å². The van der Waals surface area contributed by atoms with Crippen molar-refractivity contribution in [3.05, 3.63) is 54.5 Å². The lowest BCUT2D eigenvalue weighted by molar-refractivity contribution is 0.480. The molecule has 0 atom stereocenters. The van der Waals surface area contributed by atoms with Crippen LogP contribution in [0.25, 0.3) is 22.0 Å². The van der Waals surface area contributed by atoms with Crippen LogP contribution < -0.4 is 0 Å². The molecule has 1 aromatic heterocycles. The van der Waals surface area contributed by atoms with Crippen LogP contribution in [0.4, 0.5) is 0 Å². The zero-order chi connectivity index (χ0) is 13.2. The molecule has 1 N–H and O–H groups in total. The molecule has 3 heteroatoms. The first kappa shape index (κ1) is 11.7.